The van der Waals surface area contributed by atoms with E-state index >= 15 is 0 Å². The van der Waals surface area contributed by atoms with Crippen LogP contribution in [0.15, 0.2) is 0 Å². The fourth-order valence-corrected chi connectivity index (χ4v) is 2.88. The third kappa shape index (κ3) is 11.7. The Morgan fingerprint density at radius 2 is 0.952 bits per heavy atom. The zero-order valence-corrected chi connectivity index (χ0v) is 17.1. The average molecular weight is 449 g/mol. The Morgan fingerprint density at radius 3 is 1.10 bits per heavy atom. The van der Waals surface area contributed by atoms with Crippen molar-refractivity contribution in [1.29, 1.82) is 0 Å². The summed E-state index contributed by atoms with van der Waals surface area (Å²) in [5.41, 5.74) is 0. The van der Waals surface area contributed by atoms with Gasteiger partial charge in [-0.1, -0.05) is 8.64 Å². The summed E-state index contributed by atoms with van der Waals surface area (Å²) >= 11 is 17.4. The Hall–Kier alpha value is 0.508. The molecule has 0 bridgehead atoms. The fourth-order valence-electron chi connectivity index (χ4n) is 2.15. The van der Waals surface area contributed by atoms with E-state index in [9.17, 15) is 0 Å². The summed E-state index contributed by atoms with van der Waals surface area (Å²) in [5, 5.41) is 0. The number of rotatable bonds is 0. The zero-order chi connectivity index (χ0) is 16.1. The molecule has 4 nitrogen and oxygen atoms in total. The molecule has 0 aromatic heterocycles. The van der Waals surface area contributed by atoms with E-state index in [4.69, 9.17) is 56.5 Å². The molecule has 0 aromatic carbocycles. The molecule has 9 heteroatoms. The van der Waals surface area contributed by atoms with Crippen molar-refractivity contribution in [2.45, 2.75) is 38.5 Å². The normalized spacial score (nSPS) is 17.3. The summed E-state index contributed by atoms with van der Waals surface area (Å²) in [6.45, 7) is 4.34. The molecule has 0 spiro atoms. The van der Waals surface area contributed by atoms with Crippen molar-refractivity contribution < 1.29 is 25.3 Å². The summed E-state index contributed by atoms with van der Waals surface area (Å²) < 4.78 is 18.3. The van der Waals surface area contributed by atoms with Gasteiger partial charge in [0, 0.05) is 26.2 Å². The predicted octanol–water partition coefficient (Wildman–Crippen LogP) is 2.37. The Morgan fingerprint density at radius 1 is 0.714 bits per heavy atom. The van der Waals surface area contributed by atoms with Gasteiger partial charge in [0.15, 0.2) is 0 Å². The standard InChI is InChI=1S/2C6H11NS2.Mo.2O/c2*8-6(9)7-4-2-1-3-5-7;;;/h2*1-5H2,(H,8,9);;;/q;;+2;;/p-2. The van der Waals surface area contributed by atoms with Gasteiger partial charge < -0.3 is 59.5 Å². The molecule has 0 amide bonds. The second-order valence-electron chi connectivity index (χ2n) is 4.70. The van der Waals surface area contributed by atoms with Crippen LogP contribution in [0.5, 0.6) is 0 Å². The molecular formula is C12H20MoN2O2S4. The molecule has 2 heterocycles. The summed E-state index contributed by atoms with van der Waals surface area (Å²) in [4.78, 5) is 4.21. The van der Waals surface area contributed by atoms with Crippen LogP contribution in [0.25, 0.3) is 0 Å². The number of likely N-dealkylation sites (tertiary alicyclic amines) is 2. The van der Waals surface area contributed by atoms with E-state index in [2.05, 4.69) is 9.80 Å². The zero-order valence-electron chi connectivity index (χ0n) is 11.8. The molecule has 2 saturated heterocycles. The molecular weight excluding hydrogens is 428 g/mol. The van der Waals surface area contributed by atoms with E-state index in [1.54, 1.807) is 0 Å². The van der Waals surface area contributed by atoms with Crippen LogP contribution >= 0.6 is 24.4 Å². The van der Waals surface area contributed by atoms with Gasteiger partial charge in [-0.25, -0.2) is 0 Å². The second-order valence-corrected chi connectivity index (χ2v) is 7.09. The molecule has 2 rings (SSSR count). The van der Waals surface area contributed by atoms with E-state index in [-0.39, 0.29) is 0 Å². The summed E-state index contributed by atoms with van der Waals surface area (Å²) in [7, 11) is 0. The number of hydrogen-bond acceptors (Lipinski definition) is 6. The summed E-state index contributed by atoms with van der Waals surface area (Å²) in [6, 6.07) is 0. The van der Waals surface area contributed by atoms with Crippen LogP contribution in [0, 0.1) is 0 Å². The SMILES string of the molecule is S=C([S-])N1CCCCC1.S=C([S-])N1CCCCC1.[O]=[Mo+2]=[O]. The quantitative estimate of drug-likeness (QED) is 0.318. The van der Waals surface area contributed by atoms with Crippen LogP contribution in [-0.2, 0) is 50.5 Å². The summed E-state index contributed by atoms with van der Waals surface area (Å²) in [5.74, 6) is 0. The van der Waals surface area contributed by atoms with Crippen LogP contribution in [0.4, 0.5) is 0 Å². The van der Waals surface area contributed by atoms with Crippen molar-refractivity contribution in [3.8, 4) is 0 Å². The van der Waals surface area contributed by atoms with Crippen LogP contribution in [0.3, 0.4) is 0 Å². The van der Waals surface area contributed by atoms with Gasteiger partial charge in [0.1, 0.15) is 0 Å². The van der Waals surface area contributed by atoms with Crippen molar-refractivity contribution in [1.82, 2.24) is 9.80 Å². The van der Waals surface area contributed by atoms with Gasteiger partial charge >= 0.3 is 25.3 Å². The van der Waals surface area contributed by atoms with Crippen LogP contribution in [0.2, 0.25) is 0 Å². The second kappa shape index (κ2) is 14.1. The minimum atomic E-state index is -2.03. The van der Waals surface area contributed by atoms with Gasteiger partial charge in [-0.3, -0.25) is 0 Å². The molecule has 0 aromatic rings. The van der Waals surface area contributed by atoms with Crippen LogP contribution in [-0.4, -0.2) is 44.6 Å². The molecule has 120 valence electrons. The van der Waals surface area contributed by atoms with Gasteiger partial charge in [0.05, 0.1) is 0 Å². The first-order valence-electron chi connectivity index (χ1n) is 6.86. The molecule has 0 atom stereocenters. The van der Waals surface area contributed by atoms with Gasteiger partial charge in [-0.15, -0.1) is 0 Å². The molecule has 0 N–H and O–H groups in total. The number of piperidine rings is 2. The van der Waals surface area contributed by atoms with Gasteiger partial charge in [0.25, 0.3) is 0 Å². The number of nitrogens with zero attached hydrogens (tertiary/aromatic N) is 2. The molecule has 0 radical (unpaired) electrons. The Kier molecular flexibility index (Phi) is 14.5. The van der Waals surface area contributed by atoms with E-state index < -0.39 is 18.5 Å². The minimum absolute atomic E-state index is 0.648. The fraction of sp³-hybridized carbons (Fsp3) is 0.833. The topological polar surface area (TPSA) is 40.6 Å². The predicted molar refractivity (Wildman–Crippen MR) is 92.1 cm³/mol. The van der Waals surface area contributed by atoms with Crippen molar-refractivity contribution in [2.24, 2.45) is 0 Å². The molecule has 21 heavy (non-hydrogen) atoms. The van der Waals surface area contributed by atoms with E-state index in [0.717, 1.165) is 26.2 Å². The summed E-state index contributed by atoms with van der Waals surface area (Å²) in [6.07, 6.45) is 7.73. The molecule has 2 fully saturated rings. The first-order valence-corrected chi connectivity index (χ1v) is 10.1. The van der Waals surface area contributed by atoms with Crippen molar-refractivity contribution in [3.63, 3.8) is 0 Å². The van der Waals surface area contributed by atoms with Crippen molar-refractivity contribution >= 4 is 58.3 Å². The third-order valence-corrected chi connectivity index (χ3v) is 4.26. The van der Waals surface area contributed by atoms with Crippen LogP contribution < -0.4 is 0 Å². The van der Waals surface area contributed by atoms with Crippen molar-refractivity contribution in [3.05, 3.63) is 0 Å². The Labute approximate surface area is 157 Å². The molecule has 0 aliphatic carbocycles. The number of thiocarbonyl (C=S) groups is 2. The van der Waals surface area contributed by atoms with Gasteiger partial charge in [-0.05, 0) is 38.5 Å². The van der Waals surface area contributed by atoms with E-state index in [1.807, 2.05) is 0 Å². The molecule has 2 aliphatic rings. The maximum absolute atomic E-state index is 8.50. The molecule has 2 aliphatic heterocycles. The monoisotopic (exact) mass is 450 g/mol. The molecule has 0 unspecified atom stereocenters. The Balaban J connectivity index is 0.000000322. The van der Waals surface area contributed by atoms with E-state index in [1.165, 1.54) is 38.5 Å². The third-order valence-electron chi connectivity index (χ3n) is 3.23. The maximum atomic E-state index is 8.50. The first-order chi connectivity index (χ1) is 10.0. The molecule has 0 saturated carbocycles. The van der Waals surface area contributed by atoms with E-state index in [0.29, 0.717) is 8.64 Å². The number of hydrogen-bond donors (Lipinski definition) is 0. The van der Waals surface area contributed by atoms with Crippen LogP contribution in [0.1, 0.15) is 38.5 Å². The first kappa shape index (κ1) is 21.5. The van der Waals surface area contributed by atoms with Crippen molar-refractivity contribution in [2.75, 3.05) is 26.2 Å². The Bertz CT molecular complexity index is 325. The van der Waals surface area contributed by atoms with Gasteiger partial charge in [-0.2, -0.15) is 0 Å². The average Bonchev–Trinajstić information content (AvgIpc) is 2.50. The van der Waals surface area contributed by atoms with Gasteiger partial charge in [0.2, 0.25) is 0 Å².